The van der Waals surface area contributed by atoms with Gasteiger partial charge in [0.25, 0.3) is 5.91 Å². The minimum absolute atomic E-state index is 0.303. The van der Waals surface area contributed by atoms with Gasteiger partial charge in [0.2, 0.25) is 0 Å². The molecule has 0 radical (unpaired) electrons. The van der Waals surface area contributed by atoms with Gasteiger partial charge in [0.05, 0.1) is 12.0 Å². The van der Waals surface area contributed by atoms with Crippen molar-refractivity contribution >= 4 is 57.9 Å². The molecule has 1 aliphatic rings. The molecule has 110 valence electrons. The minimum Gasteiger partial charge on any atom is -0.467 e. The van der Waals surface area contributed by atoms with Crippen LogP contribution in [0.15, 0.2) is 29.2 Å². The summed E-state index contributed by atoms with van der Waals surface area (Å²) in [4.78, 5) is 25.7. The van der Waals surface area contributed by atoms with Crippen molar-refractivity contribution in [2.75, 3.05) is 7.11 Å². The summed E-state index contributed by atoms with van der Waals surface area (Å²) in [7, 11) is 1.28. The van der Waals surface area contributed by atoms with Gasteiger partial charge in [-0.3, -0.25) is 9.69 Å². The van der Waals surface area contributed by atoms with Crippen LogP contribution < -0.4 is 0 Å². The van der Waals surface area contributed by atoms with Gasteiger partial charge in [0.1, 0.15) is 10.4 Å². The second-order valence-corrected chi connectivity index (χ2v) is 6.42. The van der Waals surface area contributed by atoms with Crippen LogP contribution in [0.1, 0.15) is 12.5 Å². The Labute approximate surface area is 137 Å². The maximum atomic E-state index is 12.4. The molecule has 0 N–H and O–H groups in total. The van der Waals surface area contributed by atoms with Gasteiger partial charge >= 0.3 is 5.97 Å². The lowest BCUT2D eigenvalue weighted by Crippen LogP contribution is -2.42. The van der Waals surface area contributed by atoms with Crippen molar-refractivity contribution in [3.05, 3.63) is 39.8 Å². The number of carbonyl (C=O) groups excluding carboxylic acids is 2. The van der Waals surface area contributed by atoms with E-state index in [9.17, 15) is 9.59 Å². The molecule has 1 saturated heterocycles. The molecule has 4 nitrogen and oxygen atoms in total. The SMILES string of the molecule is COC(=O)[C@@H](C)N1C(=O)/C(=C/c2cccc(Cl)c2)SC1=S. The number of esters is 1. The molecule has 1 aliphatic heterocycles. The van der Waals surface area contributed by atoms with E-state index in [1.165, 1.54) is 12.0 Å². The summed E-state index contributed by atoms with van der Waals surface area (Å²) in [5.41, 5.74) is 0.800. The zero-order valence-corrected chi connectivity index (χ0v) is 13.7. The van der Waals surface area contributed by atoms with Gasteiger partial charge in [-0.15, -0.1) is 0 Å². The lowest BCUT2D eigenvalue weighted by Gasteiger charge is -2.20. The zero-order chi connectivity index (χ0) is 15.6. The van der Waals surface area contributed by atoms with Gasteiger partial charge in [0.15, 0.2) is 0 Å². The van der Waals surface area contributed by atoms with Crippen LogP contribution in [0, 0.1) is 0 Å². The van der Waals surface area contributed by atoms with Gasteiger partial charge in [-0.05, 0) is 30.7 Å². The van der Waals surface area contributed by atoms with Crippen molar-refractivity contribution in [2.45, 2.75) is 13.0 Å². The molecule has 7 heteroatoms. The van der Waals surface area contributed by atoms with Crippen molar-refractivity contribution in [1.82, 2.24) is 4.90 Å². The second kappa shape index (κ2) is 6.60. The first-order chi connectivity index (χ1) is 9.93. The number of benzene rings is 1. The number of amides is 1. The van der Waals surface area contributed by atoms with Crippen molar-refractivity contribution in [1.29, 1.82) is 0 Å². The van der Waals surface area contributed by atoms with Gasteiger partial charge in [-0.25, -0.2) is 4.79 Å². The van der Waals surface area contributed by atoms with Gasteiger partial charge < -0.3 is 4.74 Å². The van der Waals surface area contributed by atoms with Gasteiger partial charge in [-0.2, -0.15) is 0 Å². The third-order valence-corrected chi connectivity index (χ3v) is 4.47. The molecular weight excluding hydrogens is 330 g/mol. The number of methoxy groups -OCH3 is 1. The number of thioether (sulfide) groups is 1. The highest BCUT2D eigenvalue weighted by Gasteiger charge is 2.38. The first-order valence-electron chi connectivity index (χ1n) is 6.04. The second-order valence-electron chi connectivity index (χ2n) is 4.31. The Balaban J connectivity index is 2.28. The largest absolute Gasteiger partial charge is 0.467 e. The van der Waals surface area contributed by atoms with Crippen LogP contribution in [0.2, 0.25) is 5.02 Å². The molecule has 1 heterocycles. The van der Waals surface area contributed by atoms with E-state index in [0.717, 1.165) is 17.3 Å². The molecule has 1 amide bonds. The van der Waals surface area contributed by atoms with Gasteiger partial charge in [-0.1, -0.05) is 47.7 Å². The molecule has 1 aromatic rings. The van der Waals surface area contributed by atoms with E-state index >= 15 is 0 Å². The van der Waals surface area contributed by atoms with Crippen molar-refractivity contribution in [3.63, 3.8) is 0 Å². The van der Waals surface area contributed by atoms with E-state index in [1.807, 2.05) is 6.07 Å². The number of hydrogen-bond acceptors (Lipinski definition) is 5. The monoisotopic (exact) mass is 341 g/mol. The summed E-state index contributed by atoms with van der Waals surface area (Å²) in [6.07, 6.45) is 1.70. The molecule has 0 unspecified atom stereocenters. The summed E-state index contributed by atoms with van der Waals surface area (Å²) < 4.78 is 4.99. The Kier molecular flexibility index (Phi) is 5.03. The number of carbonyl (C=O) groups is 2. The van der Waals surface area contributed by atoms with Crippen molar-refractivity contribution < 1.29 is 14.3 Å². The Morgan fingerprint density at radius 1 is 1.52 bits per heavy atom. The van der Waals surface area contributed by atoms with Gasteiger partial charge in [0, 0.05) is 5.02 Å². The number of hydrogen-bond donors (Lipinski definition) is 0. The molecule has 0 bridgehead atoms. The molecule has 2 rings (SSSR count). The number of halogens is 1. The Morgan fingerprint density at radius 2 is 2.24 bits per heavy atom. The third kappa shape index (κ3) is 3.45. The number of ether oxygens (including phenoxy) is 1. The quantitative estimate of drug-likeness (QED) is 0.480. The predicted octanol–water partition coefficient (Wildman–Crippen LogP) is 3.10. The minimum atomic E-state index is -0.743. The average Bonchev–Trinajstić information content (AvgIpc) is 2.72. The first kappa shape index (κ1) is 16.0. The highest BCUT2D eigenvalue weighted by atomic mass is 35.5. The van der Waals surface area contributed by atoms with Crippen LogP contribution >= 0.6 is 35.6 Å². The van der Waals surface area contributed by atoms with E-state index < -0.39 is 12.0 Å². The van der Waals surface area contributed by atoms with E-state index in [-0.39, 0.29) is 5.91 Å². The van der Waals surface area contributed by atoms with E-state index in [4.69, 9.17) is 23.8 Å². The molecular formula is C14H12ClNO3S2. The summed E-state index contributed by atoms with van der Waals surface area (Å²) in [6.45, 7) is 1.58. The fourth-order valence-electron chi connectivity index (χ4n) is 1.84. The summed E-state index contributed by atoms with van der Waals surface area (Å²) in [6, 6.07) is 6.39. The van der Waals surface area contributed by atoms with Crippen molar-refractivity contribution in [3.8, 4) is 0 Å². The van der Waals surface area contributed by atoms with Crippen molar-refractivity contribution in [2.24, 2.45) is 0 Å². The fraction of sp³-hybridized carbons (Fsp3) is 0.214. The summed E-state index contributed by atoms with van der Waals surface area (Å²) >= 11 is 12.2. The van der Waals surface area contributed by atoms with E-state index in [2.05, 4.69) is 4.74 Å². The smallest absolute Gasteiger partial charge is 0.328 e. The Bertz CT molecular complexity index is 645. The highest BCUT2D eigenvalue weighted by molar-refractivity contribution is 8.26. The normalized spacial score (nSPS) is 18.2. The van der Waals surface area contributed by atoms with Crippen LogP contribution in [-0.4, -0.2) is 34.2 Å². The van der Waals surface area contributed by atoms with Crippen LogP contribution in [0.3, 0.4) is 0 Å². The summed E-state index contributed by atoms with van der Waals surface area (Å²) in [5, 5.41) is 0.585. The summed E-state index contributed by atoms with van der Waals surface area (Å²) in [5.74, 6) is -0.807. The molecule has 1 fully saturated rings. The predicted molar refractivity (Wildman–Crippen MR) is 87.9 cm³/mol. The topological polar surface area (TPSA) is 46.6 Å². The molecule has 1 aromatic carbocycles. The number of nitrogens with zero attached hydrogens (tertiary/aromatic N) is 1. The van der Waals surface area contributed by atoms with E-state index in [0.29, 0.717) is 14.2 Å². The molecule has 0 saturated carbocycles. The Hall–Kier alpha value is -1.37. The van der Waals surface area contributed by atoms with Crippen LogP contribution in [-0.2, 0) is 14.3 Å². The Morgan fingerprint density at radius 3 is 2.86 bits per heavy atom. The maximum absolute atomic E-state index is 12.4. The fourth-order valence-corrected chi connectivity index (χ4v) is 3.45. The average molecular weight is 342 g/mol. The lowest BCUT2D eigenvalue weighted by atomic mass is 10.2. The first-order valence-corrected chi connectivity index (χ1v) is 7.64. The zero-order valence-electron chi connectivity index (χ0n) is 11.3. The third-order valence-electron chi connectivity index (χ3n) is 2.90. The molecule has 0 aliphatic carbocycles. The maximum Gasteiger partial charge on any atom is 0.328 e. The molecule has 21 heavy (non-hydrogen) atoms. The molecule has 1 atom stereocenters. The lowest BCUT2D eigenvalue weighted by molar-refractivity contribution is -0.147. The van der Waals surface area contributed by atoms with Crippen LogP contribution in [0.5, 0.6) is 0 Å². The molecule has 0 aromatic heterocycles. The number of thiocarbonyl (C=S) groups is 1. The molecule has 0 spiro atoms. The standard InChI is InChI=1S/C14H12ClNO3S2/c1-8(13(18)19-2)16-12(17)11(21-14(16)20)7-9-4-3-5-10(15)6-9/h3-8H,1-2H3/b11-7-/t8-/m1/s1. The van der Waals surface area contributed by atoms with Crippen LogP contribution in [0.25, 0.3) is 6.08 Å². The highest BCUT2D eigenvalue weighted by Crippen LogP contribution is 2.34. The van der Waals surface area contributed by atoms with Crippen LogP contribution in [0.4, 0.5) is 0 Å². The van der Waals surface area contributed by atoms with E-state index in [1.54, 1.807) is 31.2 Å². The number of rotatable bonds is 3.